The molecule has 0 atom stereocenters. The van der Waals surface area contributed by atoms with E-state index in [-0.39, 0.29) is 0 Å². The summed E-state index contributed by atoms with van der Waals surface area (Å²) in [6.45, 7) is 4.71. The summed E-state index contributed by atoms with van der Waals surface area (Å²) >= 11 is 0. The lowest BCUT2D eigenvalue weighted by atomic mass is 10.1. The lowest BCUT2D eigenvalue weighted by Gasteiger charge is -2.37. The Morgan fingerprint density at radius 2 is 1.61 bits per heavy atom. The van der Waals surface area contributed by atoms with E-state index in [0.717, 1.165) is 68.8 Å². The Balaban J connectivity index is 1.43. The Hall–Kier alpha value is -3.09. The number of aryl methyl sites for hydroxylation is 1. The second kappa shape index (κ2) is 11.3. The Bertz CT molecular complexity index is 846. The molecular weight excluding hydrogens is 392 g/mol. The van der Waals surface area contributed by atoms with Crippen molar-refractivity contribution >= 4 is 11.6 Å². The molecule has 0 amide bonds. The van der Waals surface area contributed by atoms with Crippen LogP contribution in [0.3, 0.4) is 0 Å². The van der Waals surface area contributed by atoms with Gasteiger partial charge in [-0.3, -0.25) is 4.99 Å². The number of methoxy groups -OCH3 is 3. The van der Waals surface area contributed by atoms with E-state index in [1.165, 1.54) is 11.3 Å². The molecule has 0 spiro atoms. The van der Waals surface area contributed by atoms with Crippen molar-refractivity contribution < 1.29 is 14.2 Å². The van der Waals surface area contributed by atoms with Crippen LogP contribution in [0.5, 0.6) is 17.2 Å². The van der Waals surface area contributed by atoms with Gasteiger partial charge in [-0.25, -0.2) is 0 Å². The summed E-state index contributed by atoms with van der Waals surface area (Å²) in [6, 6.07) is 14.4. The normalized spacial score (nSPS) is 14.4. The Morgan fingerprint density at radius 1 is 0.903 bits per heavy atom. The van der Waals surface area contributed by atoms with Crippen LogP contribution >= 0.6 is 0 Å². The van der Waals surface area contributed by atoms with Crippen molar-refractivity contribution in [2.75, 3.05) is 66.0 Å². The molecule has 0 aromatic heterocycles. The molecule has 0 bridgehead atoms. The molecule has 31 heavy (non-hydrogen) atoms. The average molecular weight is 427 g/mol. The van der Waals surface area contributed by atoms with Crippen molar-refractivity contribution in [2.45, 2.75) is 12.8 Å². The first-order chi connectivity index (χ1) is 15.2. The fraction of sp³-hybridized carbons (Fsp3) is 0.458. The minimum absolute atomic E-state index is 0.763. The van der Waals surface area contributed by atoms with Crippen molar-refractivity contribution in [3.05, 3.63) is 48.0 Å². The zero-order valence-electron chi connectivity index (χ0n) is 19.1. The number of rotatable bonds is 8. The van der Waals surface area contributed by atoms with Crippen LogP contribution in [0.1, 0.15) is 12.0 Å². The molecule has 168 valence electrons. The van der Waals surface area contributed by atoms with Gasteiger partial charge in [-0.15, -0.1) is 0 Å². The average Bonchev–Trinajstić information content (AvgIpc) is 2.84. The number of piperazine rings is 1. The van der Waals surface area contributed by atoms with Crippen molar-refractivity contribution in [2.24, 2.45) is 4.99 Å². The molecule has 1 aliphatic heterocycles. The summed E-state index contributed by atoms with van der Waals surface area (Å²) in [6.07, 6.45) is 1.98. The predicted octanol–water partition coefficient (Wildman–Crippen LogP) is 3.04. The summed E-state index contributed by atoms with van der Waals surface area (Å²) < 4.78 is 16.0. The highest BCUT2D eigenvalue weighted by Gasteiger charge is 2.19. The Kier molecular flexibility index (Phi) is 8.27. The lowest BCUT2D eigenvalue weighted by molar-refractivity contribution is 0.354. The molecule has 0 radical (unpaired) electrons. The van der Waals surface area contributed by atoms with E-state index >= 15 is 0 Å². The number of nitrogens with one attached hydrogen (secondary N) is 1. The summed E-state index contributed by atoms with van der Waals surface area (Å²) in [5, 5.41) is 3.52. The Labute approximate surface area is 185 Å². The fourth-order valence-electron chi connectivity index (χ4n) is 3.83. The highest BCUT2D eigenvalue weighted by Crippen LogP contribution is 2.28. The number of anilines is 1. The van der Waals surface area contributed by atoms with Crippen LogP contribution in [0.4, 0.5) is 5.69 Å². The molecule has 7 nitrogen and oxygen atoms in total. The van der Waals surface area contributed by atoms with E-state index in [2.05, 4.69) is 38.3 Å². The van der Waals surface area contributed by atoms with Gasteiger partial charge in [0.05, 0.1) is 21.3 Å². The van der Waals surface area contributed by atoms with Gasteiger partial charge in [0.1, 0.15) is 5.75 Å². The molecule has 7 heteroatoms. The second-order valence-electron chi connectivity index (χ2n) is 7.44. The zero-order chi connectivity index (χ0) is 22.1. The van der Waals surface area contributed by atoms with Crippen molar-refractivity contribution in [1.29, 1.82) is 0 Å². The van der Waals surface area contributed by atoms with Gasteiger partial charge in [-0.2, -0.15) is 0 Å². The van der Waals surface area contributed by atoms with Crippen molar-refractivity contribution in [3.63, 3.8) is 0 Å². The predicted molar refractivity (Wildman–Crippen MR) is 126 cm³/mol. The van der Waals surface area contributed by atoms with Crippen LogP contribution in [0, 0.1) is 0 Å². The summed E-state index contributed by atoms with van der Waals surface area (Å²) in [5.74, 6) is 3.40. The minimum Gasteiger partial charge on any atom is -0.497 e. The van der Waals surface area contributed by atoms with E-state index in [9.17, 15) is 0 Å². The molecule has 1 heterocycles. The number of ether oxygens (including phenoxy) is 3. The van der Waals surface area contributed by atoms with Crippen LogP contribution < -0.4 is 24.4 Å². The number of benzene rings is 2. The Morgan fingerprint density at radius 3 is 2.23 bits per heavy atom. The van der Waals surface area contributed by atoms with Gasteiger partial charge < -0.3 is 29.3 Å². The molecular formula is C24H34N4O3. The van der Waals surface area contributed by atoms with E-state index < -0.39 is 0 Å². The first-order valence-electron chi connectivity index (χ1n) is 10.7. The van der Waals surface area contributed by atoms with Gasteiger partial charge in [0.25, 0.3) is 0 Å². The maximum atomic E-state index is 5.39. The van der Waals surface area contributed by atoms with E-state index in [1.807, 2.05) is 31.3 Å². The molecule has 1 aliphatic rings. The van der Waals surface area contributed by atoms with E-state index in [0.29, 0.717) is 0 Å². The van der Waals surface area contributed by atoms with Gasteiger partial charge in [0, 0.05) is 45.5 Å². The third-order valence-electron chi connectivity index (χ3n) is 5.60. The lowest BCUT2D eigenvalue weighted by Crippen LogP contribution is -2.52. The second-order valence-corrected chi connectivity index (χ2v) is 7.44. The molecule has 1 fully saturated rings. The molecule has 1 N–H and O–H groups in total. The number of guanidine groups is 1. The molecule has 0 aliphatic carbocycles. The van der Waals surface area contributed by atoms with Crippen LogP contribution in [-0.4, -0.2) is 72.0 Å². The number of nitrogens with zero attached hydrogens (tertiary/aromatic N) is 3. The molecule has 0 unspecified atom stereocenters. The molecule has 0 saturated carbocycles. The standard InChI is InChI=1S/C24H34N4O3/c1-25-24(26-13-5-6-19-7-12-22(30-3)23(18-19)31-4)28-16-14-27(15-17-28)20-8-10-21(29-2)11-9-20/h7-12,18H,5-6,13-17H2,1-4H3,(H,25,26). The highest BCUT2D eigenvalue weighted by molar-refractivity contribution is 5.80. The molecule has 3 rings (SSSR count). The maximum absolute atomic E-state index is 5.39. The van der Waals surface area contributed by atoms with Gasteiger partial charge in [0.15, 0.2) is 17.5 Å². The van der Waals surface area contributed by atoms with Gasteiger partial charge in [-0.1, -0.05) is 6.07 Å². The first kappa shape index (κ1) is 22.6. The summed E-state index contributed by atoms with van der Waals surface area (Å²) in [4.78, 5) is 9.22. The highest BCUT2D eigenvalue weighted by atomic mass is 16.5. The maximum Gasteiger partial charge on any atom is 0.193 e. The third-order valence-corrected chi connectivity index (χ3v) is 5.60. The van der Waals surface area contributed by atoms with Crippen LogP contribution in [-0.2, 0) is 6.42 Å². The van der Waals surface area contributed by atoms with Gasteiger partial charge >= 0.3 is 0 Å². The van der Waals surface area contributed by atoms with Crippen LogP contribution in [0.15, 0.2) is 47.5 Å². The van der Waals surface area contributed by atoms with Crippen molar-refractivity contribution in [1.82, 2.24) is 10.2 Å². The minimum atomic E-state index is 0.763. The van der Waals surface area contributed by atoms with Gasteiger partial charge in [-0.05, 0) is 54.8 Å². The largest absolute Gasteiger partial charge is 0.497 e. The quantitative estimate of drug-likeness (QED) is 0.398. The smallest absolute Gasteiger partial charge is 0.193 e. The summed E-state index contributed by atoms with van der Waals surface area (Å²) in [5.41, 5.74) is 2.47. The van der Waals surface area contributed by atoms with Crippen LogP contribution in [0.25, 0.3) is 0 Å². The monoisotopic (exact) mass is 426 g/mol. The first-order valence-corrected chi connectivity index (χ1v) is 10.7. The third kappa shape index (κ3) is 5.96. The fourth-order valence-corrected chi connectivity index (χ4v) is 3.83. The molecule has 2 aromatic carbocycles. The van der Waals surface area contributed by atoms with Crippen LogP contribution in [0.2, 0.25) is 0 Å². The summed E-state index contributed by atoms with van der Waals surface area (Å²) in [7, 11) is 6.87. The van der Waals surface area contributed by atoms with Crippen molar-refractivity contribution in [3.8, 4) is 17.2 Å². The number of hydrogen-bond acceptors (Lipinski definition) is 5. The molecule has 2 aromatic rings. The molecule has 1 saturated heterocycles. The van der Waals surface area contributed by atoms with E-state index in [4.69, 9.17) is 14.2 Å². The number of aliphatic imine (C=N–C) groups is 1. The SMILES string of the molecule is CN=C(NCCCc1ccc(OC)c(OC)c1)N1CCN(c2ccc(OC)cc2)CC1. The van der Waals surface area contributed by atoms with Gasteiger partial charge in [0.2, 0.25) is 0 Å². The number of hydrogen-bond donors (Lipinski definition) is 1. The van der Waals surface area contributed by atoms with E-state index in [1.54, 1.807) is 21.3 Å². The zero-order valence-corrected chi connectivity index (χ0v) is 19.1. The topological polar surface area (TPSA) is 58.6 Å².